The second-order valence-corrected chi connectivity index (χ2v) is 4.31. The molecule has 0 aliphatic heterocycles. The fraction of sp³-hybridized carbons (Fsp3) is 0.333. The summed E-state index contributed by atoms with van der Waals surface area (Å²) in [6.07, 6.45) is 2.25. The van der Waals surface area contributed by atoms with E-state index in [-0.39, 0.29) is 6.04 Å². The topological polar surface area (TPSA) is 56.7 Å². The zero-order chi connectivity index (χ0) is 12.3. The van der Waals surface area contributed by atoms with Crippen LogP contribution in [0.1, 0.15) is 24.4 Å². The van der Waals surface area contributed by atoms with E-state index in [9.17, 15) is 0 Å². The van der Waals surface area contributed by atoms with Gasteiger partial charge in [-0.2, -0.15) is 5.10 Å². The van der Waals surface area contributed by atoms with Crippen molar-refractivity contribution in [2.75, 3.05) is 0 Å². The van der Waals surface area contributed by atoms with Gasteiger partial charge >= 0.3 is 0 Å². The number of nitrogens with two attached hydrogens (primary N) is 1. The summed E-state index contributed by atoms with van der Waals surface area (Å²) in [5.74, 6) is 0.812. The van der Waals surface area contributed by atoms with Crippen LogP contribution >= 0.6 is 11.6 Å². The first kappa shape index (κ1) is 12.1. The zero-order valence-corrected chi connectivity index (χ0v) is 10.4. The molecule has 90 valence electrons. The van der Waals surface area contributed by atoms with Gasteiger partial charge < -0.3 is 5.73 Å². The molecule has 0 fully saturated rings. The third-order valence-corrected chi connectivity index (χ3v) is 2.86. The number of aryl methyl sites for hydroxylation is 1. The van der Waals surface area contributed by atoms with Crippen LogP contribution < -0.4 is 5.73 Å². The minimum Gasteiger partial charge on any atom is -0.321 e. The molecule has 0 aliphatic carbocycles. The number of halogens is 1. The highest BCUT2D eigenvalue weighted by atomic mass is 35.5. The highest BCUT2D eigenvalue weighted by Crippen LogP contribution is 2.17. The summed E-state index contributed by atoms with van der Waals surface area (Å²) in [6, 6.07) is 7.56. The van der Waals surface area contributed by atoms with E-state index in [2.05, 4.69) is 10.1 Å². The summed E-state index contributed by atoms with van der Waals surface area (Å²) < 4.78 is 1.81. The third kappa shape index (κ3) is 2.84. The van der Waals surface area contributed by atoms with Crippen LogP contribution in [-0.4, -0.2) is 14.8 Å². The summed E-state index contributed by atoms with van der Waals surface area (Å²) in [4.78, 5) is 4.20. The fourth-order valence-electron chi connectivity index (χ4n) is 1.81. The Bertz CT molecular complexity index is 495. The van der Waals surface area contributed by atoms with Gasteiger partial charge in [0.2, 0.25) is 0 Å². The average molecular weight is 251 g/mol. The molecule has 0 amide bonds. The zero-order valence-electron chi connectivity index (χ0n) is 9.68. The lowest BCUT2D eigenvalue weighted by molar-refractivity contribution is 0.557. The second-order valence-electron chi connectivity index (χ2n) is 3.87. The number of aromatic nitrogens is 3. The van der Waals surface area contributed by atoms with Crippen molar-refractivity contribution in [3.05, 3.63) is 47.0 Å². The van der Waals surface area contributed by atoms with Crippen LogP contribution in [0.2, 0.25) is 5.02 Å². The van der Waals surface area contributed by atoms with Gasteiger partial charge in [-0.25, -0.2) is 9.67 Å². The molecule has 2 aromatic rings. The van der Waals surface area contributed by atoms with Crippen molar-refractivity contribution in [1.82, 2.24) is 14.8 Å². The fourth-order valence-corrected chi connectivity index (χ4v) is 2.03. The molecule has 0 radical (unpaired) electrons. The minimum absolute atomic E-state index is 0.157. The molecule has 4 nitrogen and oxygen atoms in total. The van der Waals surface area contributed by atoms with Gasteiger partial charge in [0.05, 0.1) is 6.04 Å². The first-order valence-electron chi connectivity index (χ1n) is 5.58. The van der Waals surface area contributed by atoms with Crippen molar-refractivity contribution < 1.29 is 0 Å². The summed E-state index contributed by atoms with van der Waals surface area (Å²) in [7, 11) is 0. The van der Waals surface area contributed by atoms with Crippen molar-refractivity contribution in [2.45, 2.75) is 25.9 Å². The van der Waals surface area contributed by atoms with Crippen LogP contribution in [0.5, 0.6) is 0 Å². The maximum atomic E-state index is 6.13. The standard InChI is InChI=1S/C12H15ClN4/c1-2-17-12(15-8-16-17)11(14)7-9-4-3-5-10(13)6-9/h3-6,8,11H,2,7,14H2,1H3. The Morgan fingerprint density at radius 1 is 1.47 bits per heavy atom. The number of rotatable bonds is 4. The molecule has 0 spiro atoms. The van der Waals surface area contributed by atoms with Gasteiger partial charge in [0.25, 0.3) is 0 Å². The van der Waals surface area contributed by atoms with Crippen LogP contribution in [0.4, 0.5) is 0 Å². The lowest BCUT2D eigenvalue weighted by Crippen LogP contribution is -2.19. The van der Waals surface area contributed by atoms with Crippen LogP contribution in [0, 0.1) is 0 Å². The maximum absolute atomic E-state index is 6.13. The van der Waals surface area contributed by atoms with Gasteiger partial charge in [-0.05, 0) is 31.0 Å². The summed E-state index contributed by atoms with van der Waals surface area (Å²) in [5, 5.41) is 4.84. The molecule has 2 N–H and O–H groups in total. The normalized spacial score (nSPS) is 12.6. The molecule has 1 atom stereocenters. The van der Waals surface area contributed by atoms with E-state index in [0.717, 1.165) is 23.0 Å². The highest BCUT2D eigenvalue weighted by molar-refractivity contribution is 6.30. The Morgan fingerprint density at radius 3 is 3.00 bits per heavy atom. The SMILES string of the molecule is CCn1ncnc1C(N)Cc1cccc(Cl)c1. The van der Waals surface area contributed by atoms with Crippen LogP contribution in [-0.2, 0) is 13.0 Å². The molecule has 1 unspecified atom stereocenters. The molecule has 5 heteroatoms. The first-order valence-corrected chi connectivity index (χ1v) is 5.96. The Balaban J connectivity index is 2.14. The number of benzene rings is 1. The van der Waals surface area contributed by atoms with E-state index in [1.165, 1.54) is 6.33 Å². The summed E-state index contributed by atoms with van der Waals surface area (Å²) in [5.41, 5.74) is 7.24. The van der Waals surface area contributed by atoms with E-state index in [1.807, 2.05) is 35.9 Å². The van der Waals surface area contributed by atoms with Crippen molar-refractivity contribution >= 4 is 11.6 Å². The molecule has 0 saturated carbocycles. The maximum Gasteiger partial charge on any atom is 0.144 e. The molecule has 1 heterocycles. The Morgan fingerprint density at radius 2 is 2.29 bits per heavy atom. The summed E-state index contributed by atoms with van der Waals surface area (Å²) in [6.45, 7) is 2.79. The van der Waals surface area contributed by atoms with Crippen molar-refractivity contribution in [1.29, 1.82) is 0 Å². The predicted molar refractivity (Wildman–Crippen MR) is 67.8 cm³/mol. The third-order valence-electron chi connectivity index (χ3n) is 2.62. The quantitative estimate of drug-likeness (QED) is 0.905. The molecule has 2 rings (SSSR count). The molecular weight excluding hydrogens is 236 g/mol. The van der Waals surface area contributed by atoms with Crippen molar-refractivity contribution in [2.24, 2.45) is 5.73 Å². The van der Waals surface area contributed by atoms with Gasteiger partial charge in [-0.1, -0.05) is 23.7 Å². The largest absolute Gasteiger partial charge is 0.321 e. The van der Waals surface area contributed by atoms with Gasteiger partial charge in [0.15, 0.2) is 0 Å². The van der Waals surface area contributed by atoms with Crippen LogP contribution in [0.3, 0.4) is 0 Å². The number of nitrogens with zero attached hydrogens (tertiary/aromatic N) is 3. The van der Waals surface area contributed by atoms with Crippen LogP contribution in [0.25, 0.3) is 0 Å². The summed E-state index contributed by atoms with van der Waals surface area (Å²) >= 11 is 5.94. The van der Waals surface area contributed by atoms with Gasteiger partial charge in [-0.15, -0.1) is 0 Å². The van der Waals surface area contributed by atoms with Crippen molar-refractivity contribution in [3.8, 4) is 0 Å². The molecule has 0 aliphatic rings. The Kier molecular flexibility index (Phi) is 3.76. The number of hydrogen-bond acceptors (Lipinski definition) is 3. The lowest BCUT2D eigenvalue weighted by atomic mass is 10.1. The molecule has 17 heavy (non-hydrogen) atoms. The van der Waals surface area contributed by atoms with Gasteiger partial charge in [0.1, 0.15) is 12.2 Å². The van der Waals surface area contributed by atoms with E-state index in [1.54, 1.807) is 0 Å². The second kappa shape index (κ2) is 5.29. The van der Waals surface area contributed by atoms with Crippen molar-refractivity contribution in [3.63, 3.8) is 0 Å². The van der Waals surface area contributed by atoms with E-state index in [4.69, 9.17) is 17.3 Å². The smallest absolute Gasteiger partial charge is 0.144 e. The molecule has 1 aromatic carbocycles. The van der Waals surface area contributed by atoms with Crippen LogP contribution in [0.15, 0.2) is 30.6 Å². The van der Waals surface area contributed by atoms with Gasteiger partial charge in [-0.3, -0.25) is 0 Å². The Hall–Kier alpha value is -1.39. The van der Waals surface area contributed by atoms with E-state index >= 15 is 0 Å². The molecule has 0 saturated heterocycles. The monoisotopic (exact) mass is 250 g/mol. The van der Waals surface area contributed by atoms with E-state index < -0.39 is 0 Å². The predicted octanol–water partition coefficient (Wildman–Crippen LogP) is 2.19. The molecule has 1 aromatic heterocycles. The minimum atomic E-state index is -0.157. The Labute approximate surface area is 105 Å². The number of hydrogen-bond donors (Lipinski definition) is 1. The average Bonchev–Trinajstić information content (AvgIpc) is 2.77. The van der Waals surface area contributed by atoms with Gasteiger partial charge in [0, 0.05) is 11.6 Å². The molecule has 0 bridgehead atoms. The lowest BCUT2D eigenvalue weighted by Gasteiger charge is -2.12. The molecular formula is C12H15ClN4. The van der Waals surface area contributed by atoms with E-state index in [0.29, 0.717) is 6.42 Å². The highest BCUT2D eigenvalue weighted by Gasteiger charge is 2.13. The first-order chi connectivity index (χ1) is 8.20.